The van der Waals surface area contributed by atoms with Gasteiger partial charge in [0.2, 0.25) is 0 Å². The van der Waals surface area contributed by atoms with Crippen molar-refractivity contribution in [3.8, 4) is 0 Å². The fourth-order valence-corrected chi connectivity index (χ4v) is 1.97. The molecule has 1 N–H and O–H groups in total. The summed E-state index contributed by atoms with van der Waals surface area (Å²) in [6.07, 6.45) is 1.40. The predicted molar refractivity (Wildman–Crippen MR) is 84.1 cm³/mol. The van der Waals surface area contributed by atoms with Gasteiger partial charge in [-0.05, 0) is 30.3 Å². The van der Waals surface area contributed by atoms with E-state index in [-0.39, 0.29) is 22.7 Å². The number of hydrogen-bond donors (Lipinski definition) is 1. The fourth-order valence-electron chi connectivity index (χ4n) is 1.97. The molecular formula is C16H16FN3O3. The Hall–Kier alpha value is -2.96. The number of nitrogens with zero attached hydrogens (tertiary/aromatic N) is 2. The number of nitrogens with one attached hydrogen (secondary N) is 1. The Morgan fingerprint density at radius 3 is 2.30 bits per heavy atom. The van der Waals surface area contributed by atoms with Crippen LogP contribution in [0.4, 0.5) is 10.1 Å². The Bertz CT molecular complexity index is 810. The van der Waals surface area contributed by atoms with Crippen LogP contribution in [0.2, 0.25) is 0 Å². The molecule has 1 heterocycles. The lowest BCUT2D eigenvalue weighted by atomic mass is 10.2. The van der Waals surface area contributed by atoms with Crippen molar-refractivity contribution in [2.45, 2.75) is 0 Å². The van der Waals surface area contributed by atoms with Crippen molar-refractivity contribution >= 4 is 17.5 Å². The van der Waals surface area contributed by atoms with Crippen molar-refractivity contribution in [1.82, 2.24) is 9.47 Å². The highest BCUT2D eigenvalue weighted by atomic mass is 19.1. The zero-order chi connectivity index (χ0) is 17.1. The van der Waals surface area contributed by atoms with E-state index in [0.717, 1.165) is 12.1 Å². The molecule has 0 saturated carbocycles. The molecule has 0 saturated heterocycles. The summed E-state index contributed by atoms with van der Waals surface area (Å²) in [5.41, 5.74) is 0.00888. The second kappa shape index (κ2) is 6.43. The van der Waals surface area contributed by atoms with Crippen molar-refractivity contribution in [3.05, 3.63) is 63.8 Å². The summed E-state index contributed by atoms with van der Waals surface area (Å²) in [4.78, 5) is 37.6. The number of aryl methyl sites for hydroxylation is 1. The van der Waals surface area contributed by atoms with Gasteiger partial charge < -0.3 is 14.8 Å². The molecule has 0 aliphatic heterocycles. The smallest absolute Gasteiger partial charge is 0.274 e. The quantitative estimate of drug-likeness (QED) is 0.932. The maximum Gasteiger partial charge on any atom is 0.274 e. The fraction of sp³-hybridized carbons (Fsp3) is 0.188. The Morgan fingerprint density at radius 2 is 1.74 bits per heavy atom. The molecule has 0 spiro atoms. The molecule has 6 nitrogen and oxygen atoms in total. The number of carbonyl (C=O) groups is 2. The zero-order valence-electron chi connectivity index (χ0n) is 13.0. The van der Waals surface area contributed by atoms with E-state index < -0.39 is 17.3 Å². The normalized spacial score (nSPS) is 10.3. The largest absolute Gasteiger partial charge is 0.345 e. The molecule has 2 aromatic rings. The van der Waals surface area contributed by atoms with Gasteiger partial charge in [0, 0.05) is 32.9 Å². The minimum atomic E-state index is -0.559. The van der Waals surface area contributed by atoms with Crippen LogP contribution in [0.15, 0.2) is 41.3 Å². The summed E-state index contributed by atoms with van der Waals surface area (Å²) in [5.74, 6) is -1.31. The van der Waals surface area contributed by atoms with Gasteiger partial charge in [0.05, 0.1) is 5.56 Å². The van der Waals surface area contributed by atoms with Crippen molar-refractivity contribution in [2.75, 3.05) is 19.4 Å². The average molecular weight is 317 g/mol. The summed E-state index contributed by atoms with van der Waals surface area (Å²) in [6.45, 7) is 0. The highest BCUT2D eigenvalue weighted by Gasteiger charge is 2.15. The Labute approximate surface area is 132 Å². The van der Waals surface area contributed by atoms with Gasteiger partial charge in [-0.25, -0.2) is 4.39 Å². The van der Waals surface area contributed by atoms with Crippen molar-refractivity contribution in [3.63, 3.8) is 0 Å². The molecule has 0 unspecified atom stereocenters. The van der Waals surface area contributed by atoms with Crippen LogP contribution in [0.3, 0.4) is 0 Å². The van der Waals surface area contributed by atoms with E-state index in [0.29, 0.717) is 0 Å². The Kier molecular flexibility index (Phi) is 4.59. The zero-order valence-corrected chi connectivity index (χ0v) is 13.0. The van der Waals surface area contributed by atoms with Gasteiger partial charge in [0.1, 0.15) is 11.5 Å². The molecular weight excluding hydrogens is 301 g/mol. The first-order valence-corrected chi connectivity index (χ1v) is 6.79. The van der Waals surface area contributed by atoms with Gasteiger partial charge in [0.15, 0.2) is 0 Å². The molecule has 1 aromatic carbocycles. The second-order valence-electron chi connectivity index (χ2n) is 5.22. The summed E-state index contributed by atoms with van der Waals surface area (Å²) in [7, 11) is 4.66. The standard InChI is InChI=1S/C16H16FN3O3/c1-19(2)15(22)11-8-13(16(23)20(3)9-11)18-14(21)10-4-6-12(17)7-5-10/h4-9H,1-3H3,(H,18,21). The predicted octanol–water partition coefficient (Wildman–Crippen LogP) is 1.48. The van der Waals surface area contributed by atoms with E-state index in [1.165, 1.54) is 40.9 Å². The number of aromatic nitrogens is 1. The van der Waals surface area contributed by atoms with Gasteiger partial charge in [-0.2, -0.15) is 0 Å². The molecule has 0 atom stereocenters. The maximum atomic E-state index is 12.9. The van der Waals surface area contributed by atoms with Crippen molar-refractivity contribution in [2.24, 2.45) is 7.05 Å². The molecule has 0 bridgehead atoms. The first kappa shape index (κ1) is 16.4. The molecule has 120 valence electrons. The highest BCUT2D eigenvalue weighted by molar-refractivity contribution is 6.04. The molecule has 0 aliphatic carbocycles. The van der Waals surface area contributed by atoms with Gasteiger partial charge in [-0.3, -0.25) is 14.4 Å². The third-order valence-corrected chi connectivity index (χ3v) is 3.19. The van der Waals surface area contributed by atoms with Gasteiger partial charge in [-0.15, -0.1) is 0 Å². The van der Waals surface area contributed by atoms with Crippen LogP contribution in [0.1, 0.15) is 20.7 Å². The Morgan fingerprint density at radius 1 is 1.13 bits per heavy atom. The van der Waals surface area contributed by atoms with Crippen LogP contribution >= 0.6 is 0 Å². The summed E-state index contributed by atoms with van der Waals surface area (Å²) in [5, 5.41) is 2.46. The van der Waals surface area contributed by atoms with Crippen LogP contribution in [-0.2, 0) is 7.05 Å². The molecule has 0 radical (unpaired) electrons. The molecule has 2 rings (SSSR count). The maximum absolute atomic E-state index is 12.9. The molecule has 1 aromatic heterocycles. The van der Waals surface area contributed by atoms with Crippen LogP contribution in [0.5, 0.6) is 0 Å². The molecule has 2 amide bonds. The lowest BCUT2D eigenvalue weighted by molar-refractivity contribution is 0.0826. The van der Waals surface area contributed by atoms with Crippen LogP contribution < -0.4 is 10.9 Å². The number of halogens is 1. The van der Waals surface area contributed by atoms with Gasteiger partial charge >= 0.3 is 0 Å². The molecule has 0 fully saturated rings. The minimum absolute atomic E-state index is 0.0190. The number of rotatable bonds is 3. The average Bonchev–Trinajstić information content (AvgIpc) is 2.51. The Balaban J connectivity index is 2.35. The molecule has 7 heteroatoms. The number of carbonyl (C=O) groups excluding carboxylic acids is 2. The second-order valence-corrected chi connectivity index (χ2v) is 5.22. The van der Waals surface area contributed by atoms with E-state index in [2.05, 4.69) is 5.32 Å². The van der Waals surface area contributed by atoms with Crippen molar-refractivity contribution < 1.29 is 14.0 Å². The van der Waals surface area contributed by atoms with E-state index >= 15 is 0 Å². The highest BCUT2D eigenvalue weighted by Crippen LogP contribution is 2.10. The first-order chi connectivity index (χ1) is 10.8. The van der Waals surface area contributed by atoms with Crippen LogP contribution in [0, 0.1) is 5.82 Å². The van der Waals surface area contributed by atoms with Gasteiger partial charge in [-0.1, -0.05) is 0 Å². The molecule has 0 aliphatic rings. The van der Waals surface area contributed by atoms with Crippen molar-refractivity contribution in [1.29, 1.82) is 0 Å². The number of amides is 2. The lowest BCUT2D eigenvalue weighted by Crippen LogP contribution is -2.28. The summed E-state index contributed by atoms with van der Waals surface area (Å²) < 4.78 is 14.1. The van der Waals surface area contributed by atoms with Crippen LogP contribution in [0.25, 0.3) is 0 Å². The van der Waals surface area contributed by atoms with E-state index in [1.54, 1.807) is 14.1 Å². The third-order valence-electron chi connectivity index (χ3n) is 3.19. The number of benzene rings is 1. The monoisotopic (exact) mass is 317 g/mol. The van der Waals surface area contributed by atoms with Gasteiger partial charge in [0.25, 0.3) is 17.4 Å². The number of pyridine rings is 1. The number of hydrogen-bond acceptors (Lipinski definition) is 3. The SMILES string of the molecule is CN(C)C(=O)c1cc(NC(=O)c2ccc(F)cc2)c(=O)n(C)c1. The molecule has 23 heavy (non-hydrogen) atoms. The summed E-state index contributed by atoms with van der Waals surface area (Å²) in [6, 6.07) is 6.25. The van der Waals surface area contributed by atoms with Crippen LogP contribution in [-0.4, -0.2) is 35.4 Å². The topological polar surface area (TPSA) is 71.4 Å². The van der Waals surface area contributed by atoms with E-state index in [1.807, 2.05) is 0 Å². The third kappa shape index (κ3) is 3.63. The van der Waals surface area contributed by atoms with E-state index in [9.17, 15) is 18.8 Å². The minimum Gasteiger partial charge on any atom is -0.345 e. The lowest BCUT2D eigenvalue weighted by Gasteiger charge is -2.13. The van der Waals surface area contributed by atoms with E-state index in [4.69, 9.17) is 0 Å². The number of anilines is 1. The first-order valence-electron chi connectivity index (χ1n) is 6.79. The summed E-state index contributed by atoms with van der Waals surface area (Å²) >= 11 is 0.